The molecule has 13 heavy (non-hydrogen) atoms. The standard InChI is InChI=1S/C12H15N/c1-10-12(7-8-13-10)9-11-5-3-2-4-6-11/h2-6,9-10,13H,7-8H2,1H3/b12-9-. The first-order chi connectivity index (χ1) is 6.36. The Hall–Kier alpha value is -1.08. The molecule has 1 aromatic carbocycles. The lowest BCUT2D eigenvalue weighted by Crippen LogP contribution is -2.17. The van der Waals surface area contributed by atoms with Gasteiger partial charge >= 0.3 is 0 Å². The lowest BCUT2D eigenvalue weighted by Gasteiger charge is -2.04. The number of nitrogens with one attached hydrogen (secondary N) is 1. The molecule has 1 fully saturated rings. The Labute approximate surface area is 79.5 Å². The third kappa shape index (κ3) is 1.99. The SMILES string of the molecule is CC1NCC/C1=C/c1ccccc1. The van der Waals surface area contributed by atoms with Crippen LogP contribution in [0.4, 0.5) is 0 Å². The van der Waals surface area contributed by atoms with E-state index >= 15 is 0 Å². The van der Waals surface area contributed by atoms with E-state index in [0.29, 0.717) is 6.04 Å². The van der Waals surface area contributed by atoms with Gasteiger partial charge in [-0.3, -0.25) is 0 Å². The highest BCUT2D eigenvalue weighted by Gasteiger charge is 2.14. The second-order valence-electron chi connectivity index (χ2n) is 3.56. The van der Waals surface area contributed by atoms with Gasteiger partial charge in [0.2, 0.25) is 0 Å². The van der Waals surface area contributed by atoms with Gasteiger partial charge in [0.1, 0.15) is 0 Å². The maximum atomic E-state index is 3.42. The Morgan fingerprint density at radius 2 is 2.08 bits per heavy atom. The van der Waals surface area contributed by atoms with Crippen molar-refractivity contribution in [2.45, 2.75) is 19.4 Å². The van der Waals surface area contributed by atoms with Crippen LogP contribution in [0.15, 0.2) is 35.9 Å². The van der Waals surface area contributed by atoms with Crippen LogP contribution in [-0.4, -0.2) is 12.6 Å². The summed E-state index contributed by atoms with van der Waals surface area (Å²) in [5, 5.41) is 3.42. The summed E-state index contributed by atoms with van der Waals surface area (Å²) in [6.07, 6.45) is 3.49. The average molecular weight is 173 g/mol. The van der Waals surface area contributed by atoms with Crippen LogP contribution in [0.2, 0.25) is 0 Å². The van der Waals surface area contributed by atoms with E-state index in [9.17, 15) is 0 Å². The molecule has 0 radical (unpaired) electrons. The van der Waals surface area contributed by atoms with Crippen molar-refractivity contribution in [2.24, 2.45) is 0 Å². The molecule has 68 valence electrons. The van der Waals surface area contributed by atoms with Crippen molar-refractivity contribution >= 4 is 6.08 Å². The van der Waals surface area contributed by atoms with Gasteiger partial charge in [0.25, 0.3) is 0 Å². The minimum atomic E-state index is 0.556. The van der Waals surface area contributed by atoms with Crippen molar-refractivity contribution in [1.29, 1.82) is 0 Å². The maximum Gasteiger partial charge on any atom is 0.0255 e. The van der Waals surface area contributed by atoms with Crippen molar-refractivity contribution in [3.8, 4) is 0 Å². The summed E-state index contributed by atoms with van der Waals surface area (Å²) < 4.78 is 0. The van der Waals surface area contributed by atoms with Gasteiger partial charge in [0.15, 0.2) is 0 Å². The zero-order valence-corrected chi connectivity index (χ0v) is 7.96. The van der Waals surface area contributed by atoms with Crippen molar-refractivity contribution in [3.05, 3.63) is 41.5 Å². The zero-order chi connectivity index (χ0) is 9.10. The van der Waals surface area contributed by atoms with Crippen LogP contribution in [0.3, 0.4) is 0 Å². The third-order valence-corrected chi connectivity index (χ3v) is 2.57. The predicted molar refractivity (Wildman–Crippen MR) is 56.5 cm³/mol. The lowest BCUT2D eigenvalue weighted by molar-refractivity contribution is 0.722. The minimum absolute atomic E-state index is 0.556. The van der Waals surface area contributed by atoms with Gasteiger partial charge in [-0.2, -0.15) is 0 Å². The summed E-state index contributed by atoms with van der Waals surface area (Å²) in [6.45, 7) is 3.35. The second kappa shape index (κ2) is 3.75. The first-order valence-electron chi connectivity index (χ1n) is 4.85. The zero-order valence-electron chi connectivity index (χ0n) is 7.96. The smallest absolute Gasteiger partial charge is 0.0255 e. The Balaban J connectivity index is 2.20. The van der Waals surface area contributed by atoms with Crippen LogP contribution in [0.25, 0.3) is 6.08 Å². The maximum absolute atomic E-state index is 3.42. The van der Waals surface area contributed by atoms with Gasteiger partial charge in [-0.1, -0.05) is 42.0 Å². The van der Waals surface area contributed by atoms with Gasteiger partial charge in [-0.25, -0.2) is 0 Å². The van der Waals surface area contributed by atoms with Crippen molar-refractivity contribution in [1.82, 2.24) is 5.32 Å². The molecule has 1 heteroatoms. The van der Waals surface area contributed by atoms with Gasteiger partial charge in [0, 0.05) is 6.04 Å². The summed E-state index contributed by atoms with van der Waals surface area (Å²) in [6, 6.07) is 11.1. The van der Waals surface area contributed by atoms with Crippen molar-refractivity contribution in [3.63, 3.8) is 0 Å². The Morgan fingerprint density at radius 3 is 2.69 bits per heavy atom. The molecule has 1 aliphatic heterocycles. The number of hydrogen-bond acceptors (Lipinski definition) is 1. The monoisotopic (exact) mass is 173 g/mol. The van der Waals surface area contributed by atoms with Crippen molar-refractivity contribution < 1.29 is 0 Å². The summed E-state index contributed by atoms with van der Waals surface area (Å²) in [5.41, 5.74) is 2.83. The molecule has 0 saturated carbocycles. The van der Waals surface area contributed by atoms with E-state index in [1.165, 1.54) is 17.6 Å². The van der Waals surface area contributed by atoms with E-state index in [1.54, 1.807) is 0 Å². The van der Waals surface area contributed by atoms with Crippen LogP contribution in [0, 0.1) is 0 Å². The summed E-state index contributed by atoms with van der Waals surface area (Å²) in [5.74, 6) is 0. The van der Waals surface area contributed by atoms with Gasteiger partial charge in [0.05, 0.1) is 0 Å². The van der Waals surface area contributed by atoms with Crippen LogP contribution in [0.1, 0.15) is 18.9 Å². The fourth-order valence-electron chi connectivity index (χ4n) is 1.74. The van der Waals surface area contributed by atoms with Gasteiger partial charge in [-0.05, 0) is 25.5 Å². The molecular weight excluding hydrogens is 158 g/mol. The highest BCUT2D eigenvalue weighted by molar-refractivity contribution is 5.54. The van der Waals surface area contributed by atoms with Crippen LogP contribution < -0.4 is 5.32 Å². The highest BCUT2D eigenvalue weighted by Crippen LogP contribution is 2.17. The quantitative estimate of drug-likeness (QED) is 0.688. The number of benzene rings is 1. The molecule has 0 spiro atoms. The van der Waals surface area contributed by atoms with E-state index in [4.69, 9.17) is 0 Å². The molecule has 2 rings (SSSR count). The molecule has 0 bridgehead atoms. The molecule has 1 nitrogen and oxygen atoms in total. The van der Waals surface area contributed by atoms with Crippen LogP contribution >= 0.6 is 0 Å². The third-order valence-electron chi connectivity index (χ3n) is 2.57. The number of hydrogen-bond donors (Lipinski definition) is 1. The molecule has 1 N–H and O–H groups in total. The first-order valence-corrected chi connectivity index (χ1v) is 4.85. The van der Waals surface area contributed by atoms with E-state index in [1.807, 2.05) is 0 Å². The predicted octanol–water partition coefficient (Wildman–Crippen LogP) is 2.45. The lowest BCUT2D eigenvalue weighted by atomic mass is 10.1. The van der Waals surface area contributed by atoms with E-state index in [0.717, 1.165) is 6.54 Å². The Morgan fingerprint density at radius 1 is 1.31 bits per heavy atom. The van der Waals surface area contributed by atoms with E-state index in [2.05, 4.69) is 48.6 Å². The fraction of sp³-hybridized carbons (Fsp3) is 0.333. The molecule has 0 aromatic heterocycles. The van der Waals surface area contributed by atoms with E-state index < -0.39 is 0 Å². The first kappa shape index (κ1) is 8.52. The fourth-order valence-corrected chi connectivity index (χ4v) is 1.74. The molecule has 1 heterocycles. The molecule has 1 saturated heterocycles. The van der Waals surface area contributed by atoms with Crippen LogP contribution in [0.5, 0.6) is 0 Å². The normalized spacial score (nSPS) is 25.3. The number of rotatable bonds is 1. The molecule has 1 aromatic rings. The topological polar surface area (TPSA) is 12.0 Å². The van der Waals surface area contributed by atoms with Gasteiger partial charge in [-0.15, -0.1) is 0 Å². The molecule has 1 atom stereocenters. The Kier molecular flexibility index (Phi) is 2.46. The Bertz CT molecular complexity index is 300. The van der Waals surface area contributed by atoms with Crippen LogP contribution in [-0.2, 0) is 0 Å². The average Bonchev–Trinajstić information content (AvgIpc) is 2.54. The van der Waals surface area contributed by atoms with Crippen molar-refractivity contribution in [2.75, 3.05) is 6.54 Å². The van der Waals surface area contributed by atoms with E-state index in [-0.39, 0.29) is 0 Å². The van der Waals surface area contributed by atoms with Gasteiger partial charge < -0.3 is 5.32 Å². The molecule has 1 aliphatic rings. The molecule has 0 aliphatic carbocycles. The molecule has 0 amide bonds. The molecule has 1 unspecified atom stereocenters. The minimum Gasteiger partial charge on any atom is -0.310 e. The highest BCUT2D eigenvalue weighted by atomic mass is 14.9. The largest absolute Gasteiger partial charge is 0.310 e. The molecular formula is C12H15N. The summed E-state index contributed by atoms with van der Waals surface area (Å²) in [7, 11) is 0. The summed E-state index contributed by atoms with van der Waals surface area (Å²) in [4.78, 5) is 0. The summed E-state index contributed by atoms with van der Waals surface area (Å²) >= 11 is 0. The second-order valence-corrected chi connectivity index (χ2v) is 3.56.